The van der Waals surface area contributed by atoms with Gasteiger partial charge in [-0.25, -0.2) is 4.79 Å². The summed E-state index contributed by atoms with van der Waals surface area (Å²) < 4.78 is 6.24. The van der Waals surface area contributed by atoms with Gasteiger partial charge in [-0.3, -0.25) is 19.1 Å². The molecule has 1 amide bonds. The Hall–Kier alpha value is -3.01. The van der Waals surface area contributed by atoms with Crippen LogP contribution in [0.4, 0.5) is 11.5 Å². The van der Waals surface area contributed by atoms with Crippen molar-refractivity contribution in [2.75, 3.05) is 30.1 Å². The molecule has 3 N–H and O–H groups in total. The number of nitrogens with zero attached hydrogens (tertiary/aromatic N) is 2. The van der Waals surface area contributed by atoms with Gasteiger partial charge >= 0.3 is 5.69 Å². The van der Waals surface area contributed by atoms with E-state index in [0.29, 0.717) is 10.8 Å². The molecule has 3 aromatic rings. The first kappa shape index (κ1) is 24.6. The van der Waals surface area contributed by atoms with Gasteiger partial charge in [0.05, 0.1) is 19.7 Å². The van der Waals surface area contributed by atoms with Crippen LogP contribution in [0.1, 0.15) is 12.0 Å². The number of nitrogen functional groups attached to an aromatic ring is 1. The first-order valence-electron chi connectivity index (χ1n) is 10.2. The fraction of sp³-hybridized carbons (Fsp3) is 0.261. The van der Waals surface area contributed by atoms with Crippen molar-refractivity contribution in [1.29, 1.82) is 0 Å². The van der Waals surface area contributed by atoms with E-state index >= 15 is 0 Å². The molecule has 0 unspecified atom stereocenters. The van der Waals surface area contributed by atoms with Gasteiger partial charge in [0, 0.05) is 29.2 Å². The molecule has 2 aromatic carbocycles. The Labute approximate surface area is 200 Å². The summed E-state index contributed by atoms with van der Waals surface area (Å²) in [5, 5.41) is 0.641. The third kappa shape index (κ3) is 6.50. The zero-order chi connectivity index (χ0) is 23.8. The van der Waals surface area contributed by atoms with Crippen LogP contribution in [0.5, 0.6) is 0 Å². The molecule has 0 aliphatic rings. The van der Waals surface area contributed by atoms with Crippen molar-refractivity contribution in [2.45, 2.75) is 24.4 Å². The molecule has 1 aromatic heterocycles. The molecule has 0 saturated heterocycles. The summed E-state index contributed by atoms with van der Waals surface area (Å²) in [4.78, 5) is 42.9. The maximum Gasteiger partial charge on any atom is 0.330 e. The third-order valence-electron chi connectivity index (χ3n) is 4.89. The lowest BCUT2D eigenvalue weighted by molar-refractivity contribution is -0.118. The van der Waals surface area contributed by atoms with Gasteiger partial charge in [0.1, 0.15) is 5.82 Å². The summed E-state index contributed by atoms with van der Waals surface area (Å²) in [5.41, 5.74) is 5.65. The average molecular weight is 489 g/mol. The highest BCUT2D eigenvalue weighted by Crippen LogP contribution is 2.24. The van der Waals surface area contributed by atoms with E-state index < -0.39 is 11.2 Å². The van der Waals surface area contributed by atoms with Crippen LogP contribution in [0.3, 0.4) is 0 Å². The zero-order valence-corrected chi connectivity index (χ0v) is 19.7. The van der Waals surface area contributed by atoms with Crippen LogP contribution in [0, 0.1) is 0 Å². The zero-order valence-electron chi connectivity index (χ0n) is 18.1. The minimum atomic E-state index is -0.708. The fourth-order valence-electron chi connectivity index (χ4n) is 3.22. The number of aromatic nitrogens is 2. The largest absolute Gasteiger partial charge is 0.383 e. The van der Waals surface area contributed by atoms with Crippen LogP contribution < -0.4 is 21.9 Å². The Morgan fingerprint density at radius 2 is 1.85 bits per heavy atom. The molecule has 0 spiro atoms. The number of aromatic amines is 1. The number of hydrogen-bond donors (Lipinski definition) is 2. The molecule has 0 radical (unpaired) electrons. The minimum Gasteiger partial charge on any atom is -0.383 e. The second-order valence-electron chi connectivity index (χ2n) is 7.16. The number of ether oxygens (including phenoxy) is 1. The highest BCUT2D eigenvalue weighted by atomic mass is 35.5. The van der Waals surface area contributed by atoms with Crippen LogP contribution in [0.2, 0.25) is 5.02 Å². The number of methoxy groups -OCH3 is 1. The number of carbonyl (C=O) groups excluding carboxylic acids is 1. The van der Waals surface area contributed by atoms with Crippen molar-refractivity contribution < 1.29 is 9.53 Å². The van der Waals surface area contributed by atoms with Crippen LogP contribution >= 0.6 is 23.4 Å². The topological polar surface area (TPSA) is 110 Å². The van der Waals surface area contributed by atoms with E-state index in [9.17, 15) is 14.4 Å². The second-order valence-corrected chi connectivity index (χ2v) is 8.76. The lowest BCUT2D eigenvalue weighted by atomic mass is 10.2. The highest BCUT2D eigenvalue weighted by molar-refractivity contribution is 7.99. The van der Waals surface area contributed by atoms with E-state index in [-0.39, 0.29) is 43.5 Å². The highest BCUT2D eigenvalue weighted by Gasteiger charge is 2.24. The van der Waals surface area contributed by atoms with Gasteiger partial charge in [0.2, 0.25) is 5.91 Å². The number of amides is 1. The maximum atomic E-state index is 13.3. The lowest BCUT2D eigenvalue weighted by Crippen LogP contribution is -2.41. The Kier molecular flexibility index (Phi) is 8.76. The number of anilines is 2. The summed E-state index contributed by atoms with van der Waals surface area (Å²) in [7, 11) is 1.50. The van der Waals surface area contributed by atoms with Crippen LogP contribution in [0.25, 0.3) is 0 Å². The molecule has 0 aliphatic heterocycles. The molecular weight excluding hydrogens is 464 g/mol. The van der Waals surface area contributed by atoms with Crippen molar-refractivity contribution in [1.82, 2.24) is 9.55 Å². The number of carbonyl (C=O) groups is 1. The predicted octanol–water partition coefficient (Wildman–Crippen LogP) is 3.13. The average Bonchev–Trinajstić information content (AvgIpc) is 2.80. The molecule has 10 heteroatoms. The van der Waals surface area contributed by atoms with E-state index in [1.165, 1.54) is 28.3 Å². The molecule has 0 aliphatic carbocycles. The van der Waals surface area contributed by atoms with Crippen molar-refractivity contribution in [2.24, 2.45) is 0 Å². The number of nitrogens with one attached hydrogen (secondary N) is 1. The Morgan fingerprint density at radius 1 is 1.15 bits per heavy atom. The van der Waals surface area contributed by atoms with E-state index in [0.717, 1.165) is 10.5 Å². The van der Waals surface area contributed by atoms with Gasteiger partial charge in [-0.15, -0.1) is 11.8 Å². The molecule has 0 atom stereocenters. The molecule has 0 bridgehead atoms. The van der Waals surface area contributed by atoms with Gasteiger partial charge in [-0.2, -0.15) is 0 Å². The number of benzene rings is 2. The number of H-pyrrole nitrogens is 1. The van der Waals surface area contributed by atoms with Gasteiger partial charge in [0.15, 0.2) is 5.69 Å². The number of halogens is 1. The normalized spacial score (nSPS) is 10.8. The first-order valence-corrected chi connectivity index (χ1v) is 11.6. The summed E-state index contributed by atoms with van der Waals surface area (Å²) in [6, 6.07) is 16.6. The number of thioether (sulfide) groups is 1. The standard InChI is InChI=1S/C23H25ClN4O4S/c1-32-13-12-27-21(25)20(22(30)26-23(27)31)28(15-16-5-3-2-4-6-16)19(29)11-14-33-18-9-7-17(24)8-10-18/h2-10H,11-15,25H2,1H3,(H,26,30,31). The van der Waals surface area contributed by atoms with Gasteiger partial charge in [-0.1, -0.05) is 41.9 Å². The monoisotopic (exact) mass is 488 g/mol. The van der Waals surface area contributed by atoms with E-state index in [4.69, 9.17) is 22.1 Å². The first-order chi connectivity index (χ1) is 15.9. The number of rotatable bonds is 10. The van der Waals surface area contributed by atoms with Gasteiger partial charge in [-0.05, 0) is 29.8 Å². The Bertz CT molecular complexity index is 1200. The summed E-state index contributed by atoms with van der Waals surface area (Å²) in [6.45, 7) is 0.506. The van der Waals surface area contributed by atoms with Crippen molar-refractivity contribution in [3.8, 4) is 0 Å². The van der Waals surface area contributed by atoms with Crippen LogP contribution in [-0.4, -0.2) is 34.9 Å². The quantitative estimate of drug-likeness (QED) is 0.424. The molecule has 33 heavy (non-hydrogen) atoms. The molecule has 3 rings (SSSR count). The van der Waals surface area contributed by atoms with Gasteiger partial charge in [0.25, 0.3) is 5.56 Å². The Morgan fingerprint density at radius 3 is 2.52 bits per heavy atom. The molecule has 0 saturated carbocycles. The van der Waals surface area contributed by atoms with Crippen molar-refractivity contribution in [3.05, 3.63) is 86.0 Å². The summed E-state index contributed by atoms with van der Waals surface area (Å²) >= 11 is 7.43. The molecule has 8 nitrogen and oxygen atoms in total. The van der Waals surface area contributed by atoms with Gasteiger partial charge < -0.3 is 15.4 Å². The molecule has 1 heterocycles. The third-order valence-corrected chi connectivity index (χ3v) is 6.15. The number of hydrogen-bond acceptors (Lipinski definition) is 6. The lowest BCUT2D eigenvalue weighted by Gasteiger charge is -2.24. The molecule has 0 fully saturated rings. The molecular formula is C23H25ClN4O4S. The maximum absolute atomic E-state index is 13.3. The van der Waals surface area contributed by atoms with Crippen molar-refractivity contribution in [3.63, 3.8) is 0 Å². The predicted molar refractivity (Wildman–Crippen MR) is 132 cm³/mol. The smallest absolute Gasteiger partial charge is 0.330 e. The second kappa shape index (κ2) is 11.7. The Balaban J connectivity index is 1.89. The summed E-state index contributed by atoms with van der Waals surface area (Å²) in [6.07, 6.45) is 0.163. The van der Waals surface area contributed by atoms with E-state index in [2.05, 4.69) is 4.98 Å². The minimum absolute atomic E-state index is 0.0453. The summed E-state index contributed by atoms with van der Waals surface area (Å²) in [5.74, 6) is 0.136. The fourth-order valence-corrected chi connectivity index (χ4v) is 4.19. The van der Waals surface area contributed by atoms with Crippen LogP contribution in [0.15, 0.2) is 69.1 Å². The SMILES string of the molecule is COCCn1c(N)c(N(Cc2ccccc2)C(=O)CCSc2ccc(Cl)cc2)c(=O)[nH]c1=O. The molecule has 174 valence electrons. The van der Waals surface area contributed by atoms with E-state index in [1.807, 2.05) is 42.5 Å². The van der Waals surface area contributed by atoms with E-state index in [1.54, 1.807) is 12.1 Å². The number of nitrogens with two attached hydrogens (primary N) is 1. The van der Waals surface area contributed by atoms with Crippen LogP contribution in [-0.2, 0) is 22.6 Å². The van der Waals surface area contributed by atoms with Crippen molar-refractivity contribution >= 4 is 40.8 Å².